The van der Waals surface area contributed by atoms with Crippen molar-refractivity contribution in [2.45, 2.75) is 6.18 Å². The van der Waals surface area contributed by atoms with Crippen LogP contribution in [0.15, 0.2) is 42.5 Å². The zero-order valence-electron chi connectivity index (χ0n) is 9.87. The van der Waals surface area contributed by atoms with Crippen LogP contribution >= 0.6 is 0 Å². The van der Waals surface area contributed by atoms with Crippen LogP contribution in [0.5, 0.6) is 0 Å². The average Bonchev–Trinajstić information content (AvgIpc) is 2.36. The third kappa shape index (κ3) is 2.96. The molecule has 0 aliphatic heterocycles. The number of ketones is 1. The first-order valence-electron chi connectivity index (χ1n) is 5.47. The summed E-state index contributed by atoms with van der Waals surface area (Å²) in [5, 5.41) is 12.6. The fourth-order valence-electron chi connectivity index (χ4n) is 1.65. The van der Waals surface area contributed by atoms with E-state index in [1.165, 1.54) is 36.4 Å². The minimum Gasteiger partial charge on any atom is -0.872 e. The van der Waals surface area contributed by atoms with Gasteiger partial charge < -0.3 is 5.11 Å². The summed E-state index contributed by atoms with van der Waals surface area (Å²) in [4.78, 5) is 10.7. The summed E-state index contributed by atoms with van der Waals surface area (Å²) in [5.74, 6) is -3.71. The van der Waals surface area contributed by atoms with Gasteiger partial charge in [-0.2, -0.15) is 13.2 Å². The van der Waals surface area contributed by atoms with Crippen molar-refractivity contribution < 1.29 is 27.5 Å². The molecule has 0 heterocycles. The monoisotopic (exact) mass is 283 g/mol. The van der Waals surface area contributed by atoms with Crippen molar-refractivity contribution in [1.29, 1.82) is 0 Å². The first-order chi connectivity index (χ1) is 9.27. The highest BCUT2D eigenvalue weighted by atomic mass is 19.4. The molecule has 0 saturated carbocycles. The Bertz CT molecular complexity index is 702. The van der Waals surface area contributed by atoms with Crippen molar-refractivity contribution in [1.82, 2.24) is 0 Å². The molecule has 2 aromatic carbocycles. The van der Waals surface area contributed by atoms with Gasteiger partial charge >= 0.3 is 6.18 Å². The van der Waals surface area contributed by atoms with Crippen molar-refractivity contribution >= 4 is 22.3 Å². The Kier molecular flexibility index (Phi) is 3.48. The van der Waals surface area contributed by atoms with E-state index in [9.17, 15) is 27.5 Å². The maximum absolute atomic E-state index is 13.0. The molecule has 0 unspecified atom stereocenters. The molecule has 0 radical (unpaired) electrons. The third-order valence-electron chi connectivity index (χ3n) is 2.63. The minimum atomic E-state index is -5.07. The van der Waals surface area contributed by atoms with Gasteiger partial charge in [0, 0.05) is 0 Å². The maximum Gasteiger partial charge on any atom is 0.454 e. The number of hydrogen-bond acceptors (Lipinski definition) is 2. The van der Waals surface area contributed by atoms with Crippen LogP contribution in [0.3, 0.4) is 0 Å². The summed E-state index contributed by atoms with van der Waals surface area (Å²) in [5.41, 5.74) is -0.0679. The second-order valence-electron chi connectivity index (χ2n) is 4.08. The van der Waals surface area contributed by atoms with Gasteiger partial charge in [-0.05, 0) is 40.6 Å². The molecule has 2 aromatic rings. The lowest BCUT2D eigenvalue weighted by Crippen LogP contribution is -2.21. The molecule has 104 valence electrons. The molecule has 0 aliphatic rings. The van der Waals surface area contributed by atoms with Gasteiger partial charge in [0.25, 0.3) is 5.78 Å². The highest BCUT2D eigenvalue weighted by Crippen LogP contribution is 2.22. The molecule has 0 bridgehead atoms. The van der Waals surface area contributed by atoms with Crippen LogP contribution in [0.1, 0.15) is 5.56 Å². The normalized spacial score (nSPS) is 12.7. The lowest BCUT2D eigenvalue weighted by molar-refractivity contribution is -0.244. The first kappa shape index (κ1) is 14.0. The molecule has 0 saturated heterocycles. The van der Waals surface area contributed by atoms with E-state index in [1.807, 2.05) is 0 Å². The molecule has 0 fully saturated rings. The predicted molar refractivity (Wildman–Crippen MR) is 62.9 cm³/mol. The van der Waals surface area contributed by atoms with E-state index in [4.69, 9.17) is 0 Å². The fourth-order valence-corrected chi connectivity index (χ4v) is 1.65. The number of fused-ring (bicyclic) bond motifs is 1. The zero-order chi connectivity index (χ0) is 14.9. The summed E-state index contributed by atoms with van der Waals surface area (Å²) in [7, 11) is 0. The Morgan fingerprint density at radius 2 is 1.65 bits per heavy atom. The van der Waals surface area contributed by atoms with Gasteiger partial charge in [0.2, 0.25) is 0 Å². The second-order valence-corrected chi connectivity index (χ2v) is 4.08. The van der Waals surface area contributed by atoms with Crippen LogP contribution < -0.4 is 5.11 Å². The van der Waals surface area contributed by atoms with Crippen molar-refractivity contribution in [3.8, 4) is 0 Å². The van der Waals surface area contributed by atoms with Crippen LogP contribution in [0.2, 0.25) is 0 Å². The van der Waals surface area contributed by atoms with E-state index < -0.39 is 23.5 Å². The summed E-state index contributed by atoms with van der Waals surface area (Å²) in [6, 6.07) is 7.74. The van der Waals surface area contributed by atoms with E-state index in [2.05, 4.69) is 0 Å². The van der Waals surface area contributed by atoms with E-state index in [1.54, 1.807) is 0 Å². The van der Waals surface area contributed by atoms with Gasteiger partial charge in [0.05, 0.1) is 0 Å². The standard InChI is InChI=1S/C14H8F4O2/c15-11-4-3-8-5-10(2-1-9(8)6-11)12(19)7-13(20)14(16,17)18/h1-7,19H/p-1/b12-7-. The lowest BCUT2D eigenvalue weighted by atomic mass is 10.1. The van der Waals surface area contributed by atoms with Crippen molar-refractivity contribution in [2.75, 3.05) is 0 Å². The summed E-state index contributed by atoms with van der Waals surface area (Å²) < 4.78 is 49.1. The van der Waals surface area contributed by atoms with E-state index in [-0.39, 0.29) is 11.6 Å². The summed E-state index contributed by atoms with van der Waals surface area (Å²) in [6.45, 7) is 0. The second kappa shape index (κ2) is 4.96. The number of allylic oxidation sites excluding steroid dienone is 1. The van der Waals surface area contributed by atoms with Gasteiger partial charge in [-0.1, -0.05) is 24.0 Å². The highest BCUT2D eigenvalue weighted by Gasteiger charge is 2.36. The minimum absolute atomic E-state index is 0.00465. The Balaban J connectivity index is 2.40. The Morgan fingerprint density at radius 1 is 1.05 bits per heavy atom. The van der Waals surface area contributed by atoms with E-state index >= 15 is 0 Å². The average molecular weight is 283 g/mol. The number of alkyl halides is 3. The van der Waals surface area contributed by atoms with E-state index in [0.717, 1.165) is 0 Å². The van der Waals surface area contributed by atoms with Crippen molar-refractivity contribution in [2.24, 2.45) is 0 Å². The summed E-state index contributed by atoms with van der Waals surface area (Å²) >= 11 is 0. The Morgan fingerprint density at radius 3 is 2.30 bits per heavy atom. The number of carbonyl (C=O) groups excluding carboxylic acids is 1. The molecular formula is C14H7F4O2-. The molecule has 0 aromatic heterocycles. The quantitative estimate of drug-likeness (QED) is 0.483. The molecule has 6 heteroatoms. The number of benzene rings is 2. The van der Waals surface area contributed by atoms with Crippen LogP contribution in [-0.2, 0) is 4.79 Å². The molecule has 0 amide bonds. The molecule has 20 heavy (non-hydrogen) atoms. The van der Waals surface area contributed by atoms with Crippen molar-refractivity contribution in [3.63, 3.8) is 0 Å². The van der Waals surface area contributed by atoms with Crippen LogP contribution in [0, 0.1) is 5.82 Å². The molecule has 0 spiro atoms. The number of rotatable bonds is 2. The fraction of sp³-hybridized carbons (Fsp3) is 0.0714. The largest absolute Gasteiger partial charge is 0.872 e. The first-order valence-corrected chi connectivity index (χ1v) is 5.47. The molecule has 2 rings (SSSR count). The van der Waals surface area contributed by atoms with E-state index in [0.29, 0.717) is 10.8 Å². The van der Waals surface area contributed by atoms with Crippen molar-refractivity contribution in [3.05, 3.63) is 53.9 Å². The highest BCUT2D eigenvalue weighted by molar-refractivity contribution is 5.99. The zero-order valence-corrected chi connectivity index (χ0v) is 9.87. The van der Waals surface area contributed by atoms with Crippen LogP contribution in [-0.4, -0.2) is 12.0 Å². The summed E-state index contributed by atoms with van der Waals surface area (Å²) in [6.07, 6.45) is -5.07. The lowest BCUT2D eigenvalue weighted by Gasteiger charge is -2.13. The van der Waals surface area contributed by atoms with Crippen LogP contribution in [0.25, 0.3) is 16.5 Å². The van der Waals surface area contributed by atoms with Gasteiger partial charge in [-0.15, -0.1) is 0 Å². The molecular weight excluding hydrogens is 276 g/mol. The topological polar surface area (TPSA) is 40.1 Å². The number of hydrogen-bond donors (Lipinski definition) is 0. The molecule has 0 atom stereocenters. The van der Waals surface area contributed by atoms with Gasteiger partial charge in [-0.25, -0.2) is 4.39 Å². The predicted octanol–water partition coefficient (Wildman–Crippen LogP) is 2.81. The smallest absolute Gasteiger partial charge is 0.454 e. The maximum atomic E-state index is 13.0. The van der Waals surface area contributed by atoms with Gasteiger partial charge in [0.1, 0.15) is 5.82 Å². The molecule has 0 N–H and O–H groups in total. The molecule has 2 nitrogen and oxygen atoms in total. The van der Waals surface area contributed by atoms with Gasteiger partial charge in [0.15, 0.2) is 0 Å². The SMILES string of the molecule is O=C(/C=C(\[O-])c1ccc2cc(F)ccc2c1)C(F)(F)F. The van der Waals surface area contributed by atoms with Crippen LogP contribution in [0.4, 0.5) is 17.6 Å². The van der Waals surface area contributed by atoms with Gasteiger partial charge in [-0.3, -0.25) is 4.79 Å². The molecule has 0 aliphatic carbocycles. The Hall–Kier alpha value is -2.37. The number of carbonyl (C=O) groups is 1. The third-order valence-corrected chi connectivity index (χ3v) is 2.63. The number of halogens is 4. The Labute approximate surface area is 111 Å².